The van der Waals surface area contributed by atoms with Crippen LogP contribution in [0.3, 0.4) is 0 Å². The van der Waals surface area contributed by atoms with E-state index in [1.54, 1.807) is 0 Å². The number of carboxylic acids is 1. The van der Waals surface area contributed by atoms with Gasteiger partial charge in [-0.3, -0.25) is 4.79 Å². The van der Waals surface area contributed by atoms with Crippen molar-refractivity contribution in [1.82, 2.24) is 4.90 Å². The SMILES string of the molecule is C[SiH](C)O[C@@](C)([C@@H]1C(=O)N2C(C(=O)O)C(=S)S[C@H]12)C(C)(C)C. The van der Waals surface area contributed by atoms with E-state index < -0.39 is 26.7 Å². The molecule has 2 aliphatic heterocycles. The highest BCUT2D eigenvalue weighted by Crippen LogP contribution is 2.54. The number of carbonyl (C=O) groups is 2. The minimum absolute atomic E-state index is 0.156. The molecule has 1 N–H and O–H groups in total. The molecule has 0 saturated carbocycles. The van der Waals surface area contributed by atoms with Crippen LogP contribution in [0, 0.1) is 11.3 Å². The number of aliphatic carboxylic acids is 1. The predicted octanol–water partition coefficient (Wildman–Crippen LogP) is 2.10. The molecule has 8 heteroatoms. The molecule has 2 heterocycles. The lowest BCUT2D eigenvalue weighted by atomic mass is 9.66. The third-order valence-corrected chi connectivity index (χ3v) is 7.28. The molecular weight excluding hydrogens is 338 g/mol. The highest BCUT2D eigenvalue weighted by molar-refractivity contribution is 8.24. The number of thioether (sulfide) groups is 1. The van der Waals surface area contributed by atoms with Crippen molar-refractivity contribution in [3.63, 3.8) is 0 Å². The Labute approximate surface area is 142 Å². The van der Waals surface area contributed by atoms with Gasteiger partial charge in [-0.25, -0.2) is 4.79 Å². The van der Waals surface area contributed by atoms with Gasteiger partial charge in [-0.15, -0.1) is 0 Å². The van der Waals surface area contributed by atoms with E-state index in [1.807, 2.05) is 6.92 Å². The van der Waals surface area contributed by atoms with Crippen molar-refractivity contribution < 1.29 is 19.1 Å². The maximum Gasteiger partial charge on any atom is 0.332 e. The average Bonchev–Trinajstić information content (AvgIpc) is 2.60. The number of nitrogens with zero attached hydrogens (tertiary/aromatic N) is 1. The lowest BCUT2D eigenvalue weighted by molar-refractivity contribution is -0.180. The second-order valence-electron chi connectivity index (χ2n) is 7.32. The topological polar surface area (TPSA) is 66.8 Å². The summed E-state index contributed by atoms with van der Waals surface area (Å²) in [4.78, 5) is 25.5. The molecule has 0 aromatic rings. The van der Waals surface area contributed by atoms with E-state index >= 15 is 0 Å². The van der Waals surface area contributed by atoms with Crippen LogP contribution in [0.15, 0.2) is 0 Å². The zero-order valence-corrected chi connectivity index (χ0v) is 16.5. The Bertz CT molecular complexity index is 533. The summed E-state index contributed by atoms with van der Waals surface area (Å²) >= 11 is 6.50. The molecule has 0 aromatic heterocycles. The Balaban J connectivity index is 2.36. The van der Waals surface area contributed by atoms with Crippen LogP contribution in [0.25, 0.3) is 0 Å². The van der Waals surface area contributed by atoms with Gasteiger partial charge in [-0.1, -0.05) is 44.8 Å². The van der Waals surface area contributed by atoms with Crippen molar-refractivity contribution >= 4 is 49.1 Å². The fourth-order valence-corrected chi connectivity index (χ4v) is 6.54. The van der Waals surface area contributed by atoms with Crippen LogP contribution >= 0.6 is 24.0 Å². The summed E-state index contributed by atoms with van der Waals surface area (Å²) in [5.41, 5.74) is -0.859. The Morgan fingerprint density at radius 1 is 1.36 bits per heavy atom. The number of β-lactam (4-membered cyclic amide) rings is 1. The summed E-state index contributed by atoms with van der Waals surface area (Å²) < 4.78 is 6.67. The summed E-state index contributed by atoms with van der Waals surface area (Å²) in [5, 5.41) is 9.07. The molecule has 22 heavy (non-hydrogen) atoms. The molecule has 2 saturated heterocycles. The number of hydrogen-bond acceptors (Lipinski definition) is 5. The second kappa shape index (κ2) is 5.57. The average molecular weight is 362 g/mol. The van der Waals surface area contributed by atoms with Gasteiger partial charge in [-0.05, 0) is 25.4 Å². The maximum atomic E-state index is 12.7. The molecule has 1 unspecified atom stereocenters. The molecule has 0 spiro atoms. The van der Waals surface area contributed by atoms with E-state index in [9.17, 15) is 14.7 Å². The Kier molecular flexibility index (Phi) is 4.54. The molecular formula is C14H23NO4S2Si. The summed E-state index contributed by atoms with van der Waals surface area (Å²) in [7, 11) is -1.38. The van der Waals surface area contributed by atoms with Crippen molar-refractivity contribution in [3.05, 3.63) is 0 Å². The number of carboxylic acid groups (broad SMARTS) is 1. The molecule has 0 aromatic carbocycles. The van der Waals surface area contributed by atoms with Gasteiger partial charge in [0.1, 0.15) is 0 Å². The van der Waals surface area contributed by atoms with E-state index in [1.165, 1.54) is 16.7 Å². The van der Waals surface area contributed by atoms with E-state index in [0.717, 1.165) is 0 Å². The van der Waals surface area contributed by atoms with Gasteiger partial charge < -0.3 is 14.4 Å². The van der Waals surface area contributed by atoms with Crippen molar-refractivity contribution in [2.45, 2.75) is 57.8 Å². The van der Waals surface area contributed by atoms with Crippen LogP contribution < -0.4 is 0 Å². The molecule has 124 valence electrons. The van der Waals surface area contributed by atoms with E-state index in [2.05, 4.69) is 33.9 Å². The fraction of sp³-hybridized carbons (Fsp3) is 0.786. The third-order valence-electron chi connectivity index (χ3n) is 4.62. The molecule has 0 bridgehead atoms. The number of fused-ring (bicyclic) bond motifs is 1. The number of thiocarbonyl (C=S) groups is 1. The van der Waals surface area contributed by atoms with Crippen LogP contribution in [-0.4, -0.2) is 52.1 Å². The highest BCUT2D eigenvalue weighted by Gasteiger charge is 2.67. The minimum atomic E-state index is -1.38. The largest absolute Gasteiger partial charge is 0.479 e. The first-order valence-electron chi connectivity index (χ1n) is 7.35. The van der Waals surface area contributed by atoms with Crippen LogP contribution in [0.5, 0.6) is 0 Å². The molecule has 0 aliphatic carbocycles. The molecule has 0 radical (unpaired) electrons. The van der Waals surface area contributed by atoms with Crippen molar-refractivity contribution in [3.8, 4) is 0 Å². The van der Waals surface area contributed by atoms with Crippen LogP contribution in [0.4, 0.5) is 0 Å². The number of rotatable bonds is 4. The zero-order valence-electron chi connectivity index (χ0n) is 13.7. The van der Waals surface area contributed by atoms with E-state index in [0.29, 0.717) is 4.20 Å². The van der Waals surface area contributed by atoms with Gasteiger partial charge in [0, 0.05) is 0 Å². The van der Waals surface area contributed by atoms with Gasteiger partial charge in [0.15, 0.2) is 15.1 Å². The normalized spacial score (nSPS) is 31.0. The Morgan fingerprint density at radius 2 is 1.91 bits per heavy atom. The first kappa shape index (κ1) is 17.9. The predicted molar refractivity (Wildman–Crippen MR) is 93.6 cm³/mol. The quantitative estimate of drug-likeness (QED) is 0.470. The second-order valence-corrected chi connectivity index (χ2v) is 11.5. The third kappa shape index (κ3) is 2.53. The van der Waals surface area contributed by atoms with Crippen molar-refractivity contribution in [1.29, 1.82) is 0 Å². The summed E-state index contributed by atoms with van der Waals surface area (Å²) in [6, 6.07) is -0.978. The highest BCUT2D eigenvalue weighted by atomic mass is 32.2. The smallest absolute Gasteiger partial charge is 0.332 e. The standard InChI is InChI=1S/C14H23NO4S2Si/c1-13(2,3)14(4,19-22(5)6)7-9(16)15-8(11(17)18)12(20)21-10(7)15/h7-8,10,22H,1-6H3,(H,17,18)/t7-,8?,10-,14+/m1/s1. The molecule has 2 aliphatic rings. The van der Waals surface area contributed by atoms with Crippen molar-refractivity contribution in [2.24, 2.45) is 11.3 Å². The van der Waals surface area contributed by atoms with E-state index in [-0.39, 0.29) is 22.6 Å². The molecule has 2 rings (SSSR count). The lowest BCUT2D eigenvalue weighted by Gasteiger charge is -2.56. The van der Waals surface area contributed by atoms with Crippen molar-refractivity contribution in [2.75, 3.05) is 0 Å². The zero-order chi connectivity index (χ0) is 17.0. The van der Waals surface area contributed by atoms with Gasteiger partial charge in [-0.2, -0.15) is 0 Å². The van der Waals surface area contributed by atoms with E-state index in [4.69, 9.17) is 16.6 Å². The van der Waals surface area contributed by atoms with Crippen LogP contribution in [0.1, 0.15) is 27.7 Å². The molecule has 4 atom stereocenters. The lowest BCUT2D eigenvalue weighted by Crippen LogP contribution is -2.71. The fourth-order valence-electron chi connectivity index (χ4n) is 3.12. The minimum Gasteiger partial charge on any atom is -0.479 e. The Morgan fingerprint density at radius 3 is 2.32 bits per heavy atom. The summed E-state index contributed by atoms with van der Waals surface area (Å²) in [6.07, 6.45) is 0. The summed E-state index contributed by atoms with van der Waals surface area (Å²) in [5.74, 6) is -1.56. The maximum absolute atomic E-state index is 12.7. The molecule has 1 amide bonds. The summed E-state index contributed by atoms with van der Waals surface area (Å²) in [6.45, 7) is 12.3. The first-order valence-corrected chi connectivity index (χ1v) is 11.4. The van der Waals surface area contributed by atoms with Crippen LogP contribution in [0.2, 0.25) is 13.1 Å². The molecule has 2 fully saturated rings. The molecule has 5 nitrogen and oxygen atoms in total. The first-order chi connectivity index (χ1) is 9.91. The number of hydrogen-bond donors (Lipinski definition) is 1. The van der Waals surface area contributed by atoms with Gasteiger partial charge in [0.25, 0.3) is 0 Å². The number of amides is 1. The number of carbonyl (C=O) groups excluding carboxylic acids is 1. The van der Waals surface area contributed by atoms with Crippen LogP contribution in [-0.2, 0) is 14.0 Å². The monoisotopic (exact) mass is 361 g/mol. The van der Waals surface area contributed by atoms with Gasteiger partial charge in [0.2, 0.25) is 5.91 Å². The Hall–Kier alpha value is -0.443. The van der Waals surface area contributed by atoms with Gasteiger partial charge in [0.05, 0.1) is 21.1 Å². The van der Waals surface area contributed by atoms with Gasteiger partial charge >= 0.3 is 5.97 Å².